The van der Waals surface area contributed by atoms with E-state index in [0.29, 0.717) is 19.3 Å². The van der Waals surface area contributed by atoms with Gasteiger partial charge in [-0.2, -0.15) is 0 Å². The minimum Gasteiger partial charge on any atom is -0.394 e. The van der Waals surface area contributed by atoms with Crippen molar-refractivity contribution in [1.29, 1.82) is 0 Å². The molecule has 0 radical (unpaired) electrons. The van der Waals surface area contributed by atoms with Gasteiger partial charge in [0.2, 0.25) is 5.91 Å². The van der Waals surface area contributed by atoms with Gasteiger partial charge >= 0.3 is 0 Å². The minimum atomic E-state index is -1.68. The molecule has 0 aromatic heterocycles. The van der Waals surface area contributed by atoms with Gasteiger partial charge in [-0.1, -0.05) is 209 Å². The number of allylic oxidation sites excluding steroid dienone is 10. The Morgan fingerprint density at radius 1 is 0.493 bits per heavy atom. The van der Waals surface area contributed by atoms with E-state index >= 15 is 0 Å². The predicted molar refractivity (Wildman–Crippen MR) is 293 cm³/mol. The van der Waals surface area contributed by atoms with E-state index in [4.69, 9.17) is 9.47 Å². The molecule has 414 valence electrons. The van der Waals surface area contributed by atoms with E-state index in [0.717, 1.165) is 70.6 Å². The highest BCUT2D eigenvalue weighted by Crippen LogP contribution is 2.23. The topological polar surface area (TPSA) is 189 Å². The average molecular weight is 1000 g/mol. The number of nitrogens with one attached hydrogen (secondary N) is 1. The van der Waals surface area contributed by atoms with Crippen LogP contribution in [0, 0.1) is 0 Å². The highest BCUT2D eigenvalue weighted by molar-refractivity contribution is 5.80. The highest BCUT2D eigenvalue weighted by Gasteiger charge is 2.44. The monoisotopic (exact) mass is 1000 g/mol. The van der Waals surface area contributed by atoms with Crippen LogP contribution >= 0.6 is 0 Å². The third kappa shape index (κ3) is 37.2. The van der Waals surface area contributed by atoms with Crippen LogP contribution < -0.4 is 5.32 Å². The van der Waals surface area contributed by atoms with Crippen LogP contribution in [0.3, 0.4) is 0 Å². The first-order valence-corrected chi connectivity index (χ1v) is 29.2. The van der Waals surface area contributed by atoms with Crippen LogP contribution in [-0.4, -0.2) is 110 Å². The Morgan fingerprint density at radius 2 is 0.887 bits per heavy atom. The van der Waals surface area contributed by atoms with E-state index in [9.17, 15) is 40.5 Å². The molecule has 11 heteroatoms. The summed E-state index contributed by atoms with van der Waals surface area (Å²) >= 11 is 0. The van der Waals surface area contributed by atoms with E-state index < -0.39 is 74.2 Å². The first kappa shape index (κ1) is 66.8. The summed E-state index contributed by atoms with van der Waals surface area (Å²) in [7, 11) is 0. The van der Waals surface area contributed by atoms with E-state index in [1.807, 2.05) is 0 Å². The van der Waals surface area contributed by atoms with Gasteiger partial charge in [-0.05, 0) is 96.3 Å². The summed E-state index contributed by atoms with van der Waals surface area (Å²) in [5.41, 5.74) is 0. The molecule has 1 aliphatic rings. The van der Waals surface area contributed by atoms with Crippen molar-refractivity contribution in [2.45, 2.75) is 300 Å². The lowest BCUT2D eigenvalue weighted by Crippen LogP contribution is -2.60. The maximum absolute atomic E-state index is 13.2. The molecule has 0 saturated carbocycles. The third-order valence-corrected chi connectivity index (χ3v) is 13.7. The SMILES string of the molecule is CCCCCCCCCCC/C=C\C/C=C\CCCCCCCCC(O)C(=O)NC(COC1OC(CO)C(O)C(O)C1O)C(O)C(O)CCC/C=C/CC/C=C/CC/C=C/CCCCCCCCCCC. The van der Waals surface area contributed by atoms with Crippen molar-refractivity contribution >= 4 is 5.91 Å². The van der Waals surface area contributed by atoms with Crippen molar-refractivity contribution in [3.8, 4) is 0 Å². The summed E-state index contributed by atoms with van der Waals surface area (Å²) in [6.45, 7) is 3.44. The second-order valence-corrected chi connectivity index (χ2v) is 20.3. The molecule has 0 bridgehead atoms. The number of hydrogen-bond donors (Lipinski definition) is 8. The second kappa shape index (κ2) is 48.7. The number of ether oxygens (including phenoxy) is 2. The highest BCUT2D eigenvalue weighted by atomic mass is 16.7. The van der Waals surface area contributed by atoms with Crippen LogP contribution in [0.1, 0.15) is 245 Å². The maximum atomic E-state index is 13.2. The van der Waals surface area contributed by atoms with Crippen molar-refractivity contribution in [2.75, 3.05) is 13.2 Å². The van der Waals surface area contributed by atoms with Crippen LogP contribution in [0.25, 0.3) is 0 Å². The largest absolute Gasteiger partial charge is 0.394 e. The Balaban J connectivity index is 2.38. The quantitative estimate of drug-likeness (QED) is 0.0215. The standard InChI is InChI=1S/C60H109NO10/c1-3-5-7-9-11-13-15-17-19-21-23-25-27-29-31-33-35-37-39-41-43-45-47-52(63)55(65)51(50-70-60-58(68)57(67)56(66)54(49-62)71-60)61-59(69)53(64)48-46-44-42-40-38-36-34-32-30-28-26-24-22-20-18-16-14-12-10-8-6-4-2/h23-26,30-33,39,41,51-58,60,62-68H,3-22,27-29,34-38,40,42-50H2,1-2H3,(H,61,69)/b25-23+,26-24-,32-30-,33-31+,41-39+. The zero-order valence-electron chi connectivity index (χ0n) is 45.2. The smallest absolute Gasteiger partial charge is 0.249 e. The maximum Gasteiger partial charge on any atom is 0.249 e. The molecular formula is C60H109NO10. The van der Waals surface area contributed by atoms with Gasteiger partial charge in [0, 0.05) is 0 Å². The molecule has 0 spiro atoms. The predicted octanol–water partition coefficient (Wildman–Crippen LogP) is 12.2. The Morgan fingerprint density at radius 3 is 1.34 bits per heavy atom. The molecule has 1 fully saturated rings. The molecule has 1 heterocycles. The van der Waals surface area contributed by atoms with Gasteiger partial charge in [-0.15, -0.1) is 0 Å². The third-order valence-electron chi connectivity index (χ3n) is 13.7. The zero-order valence-corrected chi connectivity index (χ0v) is 45.2. The van der Waals surface area contributed by atoms with Crippen molar-refractivity contribution in [3.63, 3.8) is 0 Å². The van der Waals surface area contributed by atoms with Crippen LogP contribution in [0.15, 0.2) is 60.8 Å². The fraction of sp³-hybridized carbons (Fsp3) is 0.817. The molecule has 71 heavy (non-hydrogen) atoms. The Kier molecular flexibility index (Phi) is 45.9. The molecule has 9 atom stereocenters. The number of rotatable bonds is 49. The van der Waals surface area contributed by atoms with Gasteiger partial charge in [-0.25, -0.2) is 0 Å². The fourth-order valence-electron chi connectivity index (χ4n) is 8.97. The molecule has 0 aliphatic carbocycles. The van der Waals surface area contributed by atoms with Crippen LogP contribution in [-0.2, 0) is 14.3 Å². The summed E-state index contributed by atoms with van der Waals surface area (Å²) in [4.78, 5) is 13.2. The molecule has 1 amide bonds. The van der Waals surface area contributed by atoms with Crippen molar-refractivity contribution in [1.82, 2.24) is 5.32 Å². The lowest BCUT2D eigenvalue weighted by molar-refractivity contribution is -0.303. The molecule has 0 aromatic carbocycles. The lowest BCUT2D eigenvalue weighted by atomic mass is 9.98. The summed E-state index contributed by atoms with van der Waals surface area (Å²) in [6.07, 6.45) is 51.3. The number of amides is 1. The zero-order chi connectivity index (χ0) is 51.8. The summed E-state index contributed by atoms with van der Waals surface area (Å²) in [6, 6.07) is -1.20. The van der Waals surface area contributed by atoms with Crippen LogP contribution in [0.5, 0.6) is 0 Å². The Bertz CT molecular complexity index is 1340. The van der Waals surface area contributed by atoms with Crippen molar-refractivity contribution in [3.05, 3.63) is 60.8 Å². The number of carbonyl (C=O) groups is 1. The van der Waals surface area contributed by atoms with E-state index in [1.54, 1.807) is 0 Å². The Hall–Kier alpha value is -2.19. The number of carbonyl (C=O) groups excluding carboxylic acids is 1. The number of aliphatic hydroxyl groups excluding tert-OH is 7. The van der Waals surface area contributed by atoms with Crippen LogP contribution in [0.4, 0.5) is 0 Å². The average Bonchev–Trinajstić information content (AvgIpc) is 3.37. The molecule has 11 nitrogen and oxygen atoms in total. The number of hydrogen-bond acceptors (Lipinski definition) is 10. The second-order valence-electron chi connectivity index (χ2n) is 20.3. The molecule has 1 aliphatic heterocycles. The summed E-state index contributed by atoms with van der Waals surface area (Å²) in [5, 5.41) is 76.1. The van der Waals surface area contributed by atoms with Gasteiger partial charge in [0.15, 0.2) is 6.29 Å². The Labute approximate surface area is 433 Å². The molecule has 1 rings (SSSR count). The molecule has 1 saturated heterocycles. The van der Waals surface area contributed by atoms with Crippen LogP contribution in [0.2, 0.25) is 0 Å². The molecule has 0 aromatic rings. The number of aliphatic hydroxyl groups is 7. The molecule has 9 unspecified atom stereocenters. The molecular weight excluding hydrogens is 895 g/mol. The lowest BCUT2D eigenvalue weighted by Gasteiger charge is -2.40. The van der Waals surface area contributed by atoms with E-state index in [1.165, 1.54) is 128 Å². The van der Waals surface area contributed by atoms with Gasteiger partial charge in [0.05, 0.1) is 25.4 Å². The van der Waals surface area contributed by atoms with Gasteiger partial charge < -0.3 is 50.5 Å². The normalized spacial score (nSPS) is 20.6. The summed E-state index contributed by atoms with van der Waals surface area (Å²) in [5.74, 6) is -0.721. The fourth-order valence-corrected chi connectivity index (χ4v) is 8.97. The van der Waals surface area contributed by atoms with E-state index in [-0.39, 0.29) is 12.8 Å². The summed E-state index contributed by atoms with van der Waals surface area (Å²) < 4.78 is 11.1. The van der Waals surface area contributed by atoms with Gasteiger partial charge in [0.1, 0.15) is 36.6 Å². The van der Waals surface area contributed by atoms with Gasteiger partial charge in [-0.3, -0.25) is 4.79 Å². The number of unbranched alkanes of at least 4 members (excludes halogenated alkanes) is 27. The first-order valence-electron chi connectivity index (χ1n) is 29.2. The molecule has 8 N–H and O–H groups in total. The van der Waals surface area contributed by atoms with Gasteiger partial charge in [0.25, 0.3) is 0 Å². The minimum absolute atomic E-state index is 0.235. The first-order chi connectivity index (χ1) is 34.7. The van der Waals surface area contributed by atoms with Crippen molar-refractivity contribution < 1.29 is 50.0 Å². The van der Waals surface area contributed by atoms with E-state index in [2.05, 4.69) is 79.9 Å². The van der Waals surface area contributed by atoms with Crippen molar-refractivity contribution in [2.24, 2.45) is 0 Å².